The van der Waals surface area contributed by atoms with Crippen LogP contribution in [-0.4, -0.2) is 11.7 Å². The molecule has 0 unspecified atom stereocenters. The van der Waals surface area contributed by atoms with Gasteiger partial charge < -0.3 is 9.84 Å². The van der Waals surface area contributed by atoms with Crippen LogP contribution in [0.2, 0.25) is 0 Å². The number of hydrogen-bond acceptors (Lipinski definition) is 2. The summed E-state index contributed by atoms with van der Waals surface area (Å²) in [7, 11) is 0. The highest BCUT2D eigenvalue weighted by molar-refractivity contribution is 5.50. The third kappa shape index (κ3) is 1.92. The van der Waals surface area contributed by atoms with Crippen molar-refractivity contribution in [2.24, 2.45) is 0 Å². The van der Waals surface area contributed by atoms with Gasteiger partial charge in [0.1, 0.15) is 11.5 Å². The quantitative estimate of drug-likeness (QED) is 0.728. The first-order valence-electron chi connectivity index (χ1n) is 5.85. The van der Waals surface area contributed by atoms with Crippen molar-refractivity contribution in [2.75, 3.05) is 6.61 Å². The van der Waals surface area contributed by atoms with Crippen LogP contribution in [0.5, 0.6) is 11.5 Å². The predicted octanol–water partition coefficient (Wildman–Crippen LogP) is 2.92. The van der Waals surface area contributed by atoms with Gasteiger partial charge in [-0.25, -0.2) is 0 Å². The molecule has 0 amide bonds. The summed E-state index contributed by atoms with van der Waals surface area (Å²) in [6.07, 6.45) is 1.61. The van der Waals surface area contributed by atoms with Crippen LogP contribution in [0, 0.1) is 0 Å². The molecule has 0 fully saturated rings. The summed E-state index contributed by atoms with van der Waals surface area (Å²) in [6.45, 7) is 0.191. The van der Waals surface area contributed by atoms with E-state index in [9.17, 15) is 0 Å². The second-order valence-corrected chi connectivity index (χ2v) is 4.30. The monoisotopic (exact) mass is 226 g/mol. The fourth-order valence-corrected chi connectivity index (χ4v) is 2.23. The molecule has 86 valence electrons. The first-order chi connectivity index (χ1) is 8.36. The maximum atomic E-state index is 8.95. The van der Waals surface area contributed by atoms with Gasteiger partial charge in [-0.15, -0.1) is 0 Å². The fourth-order valence-electron chi connectivity index (χ4n) is 2.23. The van der Waals surface area contributed by atoms with Crippen LogP contribution in [0.15, 0.2) is 42.5 Å². The molecule has 17 heavy (non-hydrogen) atoms. The summed E-state index contributed by atoms with van der Waals surface area (Å²) in [5, 5.41) is 8.95. The Balaban J connectivity index is 1.97. The lowest BCUT2D eigenvalue weighted by atomic mass is 9.98. The maximum absolute atomic E-state index is 8.95. The number of para-hydroxylation sites is 1. The molecular formula is C15H14O2. The molecule has 0 saturated heterocycles. The molecule has 0 radical (unpaired) electrons. The Morgan fingerprint density at radius 1 is 1.00 bits per heavy atom. The minimum Gasteiger partial charge on any atom is -0.457 e. The molecule has 0 atom stereocenters. The summed E-state index contributed by atoms with van der Waals surface area (Å²) < 4.78 is 5.85. The van der Waals surface area contributed by atoms with Gasteiger partial charge in [-0.2, -0.15) is 0 Å². The van der Waals surface area contributed by atoms with E-state index < -0.39 is 0 Å². The standard InChI is InChI=1S/C15H14O2/c16-8-7-11-5-6-15-13(9-11)10-12-3-1-2-4-14(12)17-15/h1-6,9,16H,7-8,10H2. The number of rotatable bonds is 2. The topological polar surface area (TPSA) is 29.5 Å². The molecule has 1 aliphatic heterocycles. The van der Waals surface area contributed by atoms with E-state index in [1.807, 2.05) is 30.3 Å². The van der Waals surface area contributed by atoms with Gasteiger partial charge >= 0.3 is 0 Å². The van der Waals surface area contributed by atoms with Crippen LogP contribution >= 0.6 is 0 Å². The number of benzene rings is 2. The number of hydrogen-bond donors (Lipinski definition) is 1. The smallest absolute Gasteiger partial charge is 0.130 e. The molecule has 2 nitrogen and oxygen atoms in total. The van der Waals surface area contributed by atoms with Crippen molar-refractivity contribution in [2.45, 2.75) is 12.8 Å². The Bertz CT molecular complexity index is 546. The van der Waals surface area contributed by atoms with Crippen LogP contribution in [-0.2, 0) is 12.8 Å². The van der Waals surface area contributed by atoms with Gasteiger partial charge in [0.05, 0.1) is 0 Å². The molecule has 0 bridgehead atoms. The lowest BCUT2D eigenvalue weighted by molar-refractivity contribution is 0.299. The molecule has 0 saturated carbocycles. The van der Waals surface area contributed by atoms with Gasteiger partial charge in [-0.3, -0.25) is 0 Å². The van der Waals surface area contributed by atoms with Crippen molar-refractivity contribution >= 4 is 0 Å². The zero-order chi connectivity index (χ0) is 11.7. The van der Waals surface area contributed by atoms with Gasteiger partial charge in [-0.05, 0) is 35.2 Å². The first kappa shape index (κ1) is 10.4. The minimum atomic E-state index is 0.191. The maximum Gasteiger partial charge on any atom is 0.130 e. The largest absolute Gasteiger partial charge is 0.457 e. The third-order valence-electron chi connectivity index (χ3n) is 3.10. The Labute approximate surface area is 100 Å². The highest BCUT2D eigenvalue weighted by Crippen LogP contribution is 2.36. The van der Waals surface area contributed by atoms with Crippen LogP contribution in [0.25, 0.3) is 0 Å². The van der Waals surface area contributed by atoms with Gasteiger partial charge in [0.25, 0.3) is 0 Å². The number of aliphatic hydroxyl groups is 1. The van der Waals surface area contributed by atoms with Crippen molar-refractivity contribution in [1.82, 2.24) is 0 Å². The molecular weight excluding hydrogens is 212 g/mol. The van der Waals surface area contributed by atoms with Crippen LogP contribution < -0.4 is 4.74 Å². The van der Waals surface area contributed by atoms with Crippen molar-refractivity contribution in [3.8, 4) is 11.5 Å². The van der Waals surface area contributed by atoms with Gasteiger partial charge in [0, 0.05) is 13.0 Å². The molecule has 1 aliphatic rings. The van der Waals surface area contributed by atoms with E-state index in [4.69, 9.17) is 9.84 Å². The molecule has 2 aromatic rings. The minimum absolute atomic E-state index is 0.191. The molecule has 0 aromatic heterocycles. The lowest BCUT2D eigenvalue weighted by Crippen LogP contribution is -2.03. The van der Waals surface area contributed by atoms with Gasteiger partial charge in [-0.1, -0.05) is 30.3 Å². The molecule has 2 heteroatoms. The van der Waals surface area contributed by atoms with Crippen molar-refractivity contribution in [1.29, 1.82) is 0 Å². The lowest BCUT2D eigenvalue weighted by Gasteiger charge is -2.20. The number of aliphatic hydroxyl groups excluding tert-OH is 1. The molecule has 0 aliphatic carbocycles. The van der Waals surface area contributed by atoms with Crippen molar-refractivity contribution in [3.63, 3.8) is 0 Å². The Hall–Kier alpha value is -1.80. The summed E-state index contributed by atoms with van der Waals surface area (Å²) >= 11 is 0. The fraction of sp³-hybridized carbons (Fsp3) is 0.200. The molecule has 1 heterocycles. The normalized spacial score (nSPS) is 12.5. The van der Waals surface area contributed by atoms with Crippen LogP contribution in [0.4, 0.5) is 0 Å². The average Bonchev–Trinajstić information content (AvgIpc) is 2.36. The highest BCUT2D eigenvalue weighted by atomic mass is 16.5. The highest BCUT2D eigenvalue weighted by Gasteiger charge is 2.16. The van der Waals surface area contributed by atoms with E-state index in [-0.39, 0.29) is 6.61 Å². The zero-order valence-corrected chi connectivity index (χ0v) is 9.52. The van der Waals surface area contributed by atoms with E-state index in [2.05, 4.69) is 12.1 Å². The van der Waals surface area contributed by atoms with E-state index in [0.717, 1.165) is 23.5 Å². The molecule has 0 spiro atoms. The molecule has 1 N–H and O–H groups in total. The van der Waals surface area contributed by atoms with Crippen LogP contribution in [0.3, 0.4) is 0 Å². The van der Waals surface area contributed by atoms with E-state index in [0.29, 0.717) is 6.42 Å². The zero-order valence-electron chi connectivity index (χ0n) is 9.52. The number of fused-ring (bicyclic) bond motifs is 2. The summed E-state index contributed by atoms with van der Waals surface area (Å²) in [4.78, 5) is 0. The SMILES string of the molecule is OCCc1ccc2c(c1)Cc1ccccc1O2. The Kier molecular flexibility index (Phi) is 2.57. The summed E-state index contributed by atoms with van der Waals surface area (Å²) in [6, 6.07) is 14.3. The third-order valence-corrected chi connectivity index (χ3v) is 3.10. The Morgan fingerprint density at radius 3 is 2.71 bits per heavy atom. The number of ether oxygens (including phenoxy) is 1. The first-order valence-corrected chi connectivity index (χ1v) is 5.85. The molecule has 2 aromatic carbocycles. The predicted molar refractivity (Wildman–Crippen MR) is 66.6 cm³/mol. The van der Waals surface area contributed by atoms with E-state index in [1.54, 1.807) is 0 Å². The van der Waals surface area contributed by atoms with Gasteiger partial charge in [0.2, 0.25) is 0 Å². The van der Waals surface area contributed by atoms with E-state index in [1.165, 1.54) is 11.1 Å². The van der Waals surface area contributed by atoms with Crippen LogP contribution in [0.1, 0.15) is 16.7 Å². The summed E-state index contributed by atoms with van der Waals surface area (Å²) in [5.74, 6) is 1.89. The summed E-state index contributed by atoms with van der Waals surface area (Å²) in [5.41, 5.74) is 3.59. The van der Waals surface area contributed by atoms with Gasteiger partial charge in [0.15, 0.2) is 0 Å². The van der Waals surface area contributed by atoms with E-state index >= 15 is 0 Å². The molecule has 3 rings (SSSR count). The second-order valence-electron chi connectivity index (χ2n) is 4.30. The van der Waals surface area contributed by atoms with Crippen molar-refractivity contribution < 1.29 is 9.84 Å². The average molecular weight is 226 g/mol. The van der Waals surface area contributed by atoms with Crippen molar-refractivity contribution in [3.05, 3.63) is 59.2 Å². The Morgan fingerprint density at radius 2 is 1.82 bits per heavy atom. The second kappa shape index (κ2) is 4.22.